The van der Waals surface area contributed by atoms with Crippen LogP contribution in [0.1, 0.15) is 45.4 Å². The number of Topliss-reactive ketones (excluding diaryl/α,β-unsaturated/α-hetero) is 1. The van der Waals surface area contributed by atoms with Gasteiger partial charge in [-0.2, -0.15) is 0 Å². The number of ketones is 1. The van der Waals surface area contributed by atoms with Crippen molar-refractivity contribution < 1.29 is 19.1 Å². The highest BCUT2D eigenvalue weighted by Crippen LogP contribution is 2.53. The van der Waals surface area contributed by atoms with Crippen molar-refractivity contribution >= 4 is 17.6 Å². The van der Waals surface area contributed by atoms with Gasteiger partial charge < -0.3 is 15.0 Å². The number of carbonyl (C=O) groups excluding carboxylic acids is 3. The Morgan fingerprint density at radius 3 is 2.55 bits per heavy atom. The van der Waals surface area contributed by atoms with E-state index in [1.54, 1.807) is 33.2 Å². The Bertz CT molecular complexity index is 1020. The maximum atomic E-state index is 13.0. The fourth-order valence-electron chi connectivity index (χ4n) is 4.62. The quantitative estimate of drug-likeness (QED) is 0.694. The molecule has 1 saturated carbocycles. The van der Waals surface area contributed by atoms with E-state index < -0.39 is 0 Å². The molecule has 31 heavy (non-hydrogen) atoms. The molecule has 4 rings (SSSR count). The maximum absolute atomic E-state index is 13.0. The molecule has 1 saturated heterocycles. The van der Waals surface area contributed by atoms with Gasteiger partial charge in [0.2, 0.25) is 5.91 Å². The number of hydrogen-bond donors (Lipinski definition) is 1. The number of benzene rings is 1. The summed E-state index contributed by atoms with van der Waals surface area (Å²) in [6.45, 7) is 3.09. The summed E-state index contributed by atoms with van der Waals surface area (Å²) >= 11 is 0. The monoisotopic (exact) mass is 421 g/mol. The summed E-state index contributed by atoms with van der Waals surface area (Å²) in [4.78, 5) is 43.2. The number of likely N-dealkylation sites (tertiary alicyclic amines) is 1. The molecule has 1 aromatic carbocycles. The van der Waals surface area contributed by atoms with Gasteiger partial charge in [0, 0.05) is 51.2 Å². The average molecular weight is 421 g/mol. The van der Waals surface area contributed by atoms with Crippen molar-refractivity contribution in [3.63, 3.8) is 0 Å². The summed E-state index contributed by atoms with van der Waals surface area (Å²) in [6, 6.07) is 11.0. The van der Waals surface area contributed by atoms with E-state index in [1.807, 2.05) is 29.2 Å². The lowest BCUT2D eigenvalue weighted by Crippen LogP contribution is -2.29. The second kappa shape index (κ2) is 8.49. The van der Waals surface area contributed by atoms with E-state index in [2.05, 4.69) is 10.3 Å². The molecule has 0 radical (unpaired) electrons. The first-order valence-corrected chi connectivity index (χ1v) is 10.5. The number of nitrogens with zero attached hydrogens (tertiary/aromatic N) is 2. The molecule has 1 aromatic heterocycles. The molecule has 0 bridgehead atoms. The van der Waals surface area contributed by atoms with Gasteiger partial charge in [-0.25, -0.2) is 4.98 Å². The number of piperidine rings is 1. The topological polar surface area (TPSA) is 88.6 Å². The first kappa shape index (κ1) is 21.0. The van der Waals surface area contributed by atoms with Crippen LogP contribution in [0.2, 0.25) is 0 Å². The van der Waals surface area contributed by atoms with Crippen molar-refractivity contribution in [3.05, 3.63) is 58.9 Å². The first-order chi connectivity index (χ1) is 14.9. The zero-order chi connectivity index (χ0) is 22.1. The summed E-state index contributed by atoms with van der Waals surface area (Å²) in [5.74, 6) is 1.71. The van der Waals surface area contributed by atoms with Gasteiger partial charge in [-0.15, -0.1) is 0 Å². The highest BCUT2D eigenvalue weighted by Gasteiger charge is 2.56. The van der Waals surface area contributed by atoms with Crippen molar-refractivity contribution in [2.45, 2.75) is 19.8 Å². The van der Waals surface area contributed by atoms with Gasteiger partial charge in [-0.3, -0.25) is 14.4 Å². The van der Waals surface area contributed by atoms with E-state index in [1.165, 1.54) is 0 Å². The van der Waals surface area contributed by atoms with Crippen LogP contribution >= 0.6 is 0 Å². The minimum absolute atomic E-state index is 0.0215. The van der Waals surface area contributed by atoms with Crippen LogP contribution in [0.3, 0.4) is 0 Å². The van der Waals surface area contributed by atoms with Gasteiger partial charge in [-0.1, -0.05) is 12.1 Å². The molecule has 2 fully saturated rings. The summed E-state index contributed by atoms with van der Waals surface area (Å²) in [6.07, 6.45) is 0.932. The second-order valence-electron chi connectivity index (χ2n) is 8.38. The number of pyridine rings is 1. The third-order valence-electron chi connectivity index (χ3n) is 6.42. The lowest BCUT2D eigenvalue weighted by molar-refractivity contribution is -0.128. The van der Waals surface area contributed by atoms with Crippen LogP contribution in [0.25, 0.3) is 0 Å². The summed E-state index contributed by atoms with van der Waals surface area (Å²) in [5, 5.41) is 2.59. The van der Waals surface area contributed by atoms with Crippen molar-refractivity contribution in [2.24, 2.45) is 17.8 Å². The number of aromatic nitrogens is 1. The molecule has 2 heterocycles. The summed E-state index contributed by atoms with van der Waals surface area (Å²) in [7, 11) is 3.16. The third kappa shape index (κ3) is 4.45. The molecule has 2 aliphatic rings. The Hall–Kier alpha value is -3.22. The Balaban J connectivity index is 1.51. The fraction of sp³-hybridized carbons (Fsp3) is 0.417. The van der Waals surface area contributed by atoms with Gasteiger partial charge in [0.25, 0.3) is 5.91 Å². The average Bonchev–Trinajstić information content (AvgIpc) is 3.19. The molecule has 0 spiro atoms. The number of nitrogens with one attached hydrogen (secondary N) is 1. The Morgan fingerprint density at radius 2 is 1.90 bits per heavy atom. The number of fused-ring (bicyclic) bond motifs is 1. The van der Waals surface area contributed by atoms with Crippen molar-refractivity contribution in [2.75, 3.05) is 27.2 Å². The number of hydrogen-bond acceptors (Lipinski definition) is 5. The third-order valence-corrected chi connectivity index (χ3v) is 6.42. The summed E-state index contributed by atoms with van der Waals surface area (Å²) < 4.78 is 5.28. The SMILES string of the molecule is CNC(=O)c1cc(C(=O)CC2[C@H]3CN(C(C)=O)C[C@@H]23)cc(Cc2cccc(OC)c2)n1. The van der Waals surface area contributed by atoms with Crippen LogP contribution in [0.5, 0.6) is 5.75 Å². The minimum Gasteiger partial charge on any atom is -0.497 e. The van der Waals surface area contributed by atoms with Crippen molar-refractivity contribution in [1.82, 2.24) is 15.2 Å². The standard InChI is InChI=1S/C24H27N3O4/c1-14(28)27-12-20-19(21(20)13-27)11-23(29)16-9-17(26-22(10-16)24(30)25-2)7-15-5-4-6-18(8-15)31-3/h4-6,8-10,19-21H,7,11-13H2,1-3H3,(H,25,30)/t19?,20-,21+. The molecule has 1 N–H and O–H groups in total. The zero-order valence-corrected chi connectivity index (χ0v) is 18.1. The molecule has 2 aromatic rings. The maximum Gasteiger partial charge on any atom is 0.269 e. The smallest absolute Gasteiger partial charge is 0.269 e. The van der Waals surface area contributed by atoms with Gasteiger partial charge in [0.1, 0.15) is 11.4 Å². The minimum atomic E-state index is -0.318. The second-order valence-corrected chi connectivity index (χ2v) is 8.38. The molecule has 7 heteroatoms. The summed E-state index contributed by atoms with van der Waals surface area (Å²) in [5.41, 5.74) is 2.40. The fourth-order valence-corrected chi connectivity index (χ4v) is 4.62. The van der Waals surface area contributed by atoms with Crippen LogP contribution in [0.15, 0.2) is 36.4 Å². The first-order valence-electron chi connectivity index (χ1n) is 10.5. The zero-order valence-electron chi connectivity index (χ0n) is 18.1. The lowest BCUT2D eigenvalue weighted by Gasteiger charge is -2.17. The normalized spacial score (nSPS) is 21.4. The van der Waals surface area contributed by atoms with Gasteiger partial charge in [0.15, 0.2) is 5.78 Å². The van der Waals surface area contributed by atoms with Crippen LogP contribution in [0, 0.1) is 17.8 Å². The van der Waals surface area contributed by atoms with Crippen LogP contribution < -0.4 is 10.1 Å². The predicted octanol–water partition coefficient (Wildman–Crippen LogP) is 2.34. The highest BCUT2D eigenvalue weighted by molar-refractivity contribution is 6.00. The number of rotatable bonds is 7. The van der Waals surface area contributed by atoms with Crippen molar-refractivity contribution in [3.8, 4) is 5.75 Å². The van der Waals surface area contributed by atoms with Crippen molar-refractivity contribution in [1.29, 1.82) is 0 Å². The molecule has 162 valence electrons. The number of carbonyl (C=O) groups is 3. The lowest BCUT2D eigenvalue weighted by atomic mass is 10.0. The Labute approximate surface area is 181 Å². The predicted molar refractivity (Wildman–Crippen MR) is 115 cm³/mol. The van der Waals surface area contributed by atoms with E-state index in [9.17, 15) is 14.4 Å². The molecule has 3 atom stereocenters. The van der Waals surface area contributed by atoms with E-state index in [0.29, 0.717) is 41.9 Å². The van der Waals surface area contributed by atoms with Gasteiger partial charge in [0.05, 0.1) is 7.11 Å². The van der Waals surface area contributed by atoms with Crippen LogP contribution in [-0.2, 0) is 11.2 Å². The van der Waals surface area contributed by atoms with Gasteiger partial charge in [-0.05, 0) is 47.6 Å². The van der Waals surface area contributed by atoms with E-state index in [0.717, 1.165) is 24.4 Å². The number of ether oxygens (including phenoxy) is 1. The molecule has 1 unspecified atom stereocenters. The molecule has 2 amide bonds. The van der Waals surface area contributed by atoms with Crippen LogP contribution in [-0.4, -0.2) is 54.7 Å². The van der Waals surface area contributed by atoms with E-state index in [-0.39, 0.29) is 23.3 Å². The number of amides is 2. The van der Waals surface area contributed by atoms with E-state index >= 15 is 0 Å². The molecular weight excluding hydrogens is 394 g/mol. The number of methoxy groups -OCH3 is 1. The van der Waals surface area contributed by atoms with Crippen LogP contribution in [0.4, 0.5) is 0 Å². The highest BCUT2D eigenvalue weighted by atomic mass is 16.5. The Kier molecular flexibility index (Phi) is 5.76. The van der Waals surface area contributed by atoms with Gasteiger partial charge >= 0.3 is 0 Å². The largest absolute Gasteiger partial charge is 0.497 e. The molecule has 7 nitrogen and oxygen atoms in total. The molecule has 1 aliphatic heterocycles. The van der Waals surface area contributed by atoms with E-state index in [4.69, 9.17) is 4.74 Å². The molecular formula is C24H27N3O4. The Morgan fingerprint density at radius 1 is 1.16 bits per heavy atom. The molecule has 1 aliphatic carbocycles.